The minimum Gasteiger partial charge on any atom is -0.378 e. The molecule has 0 saturated carbocycles. The van der Waals surface area contributed by atoms with E-state index in [1.807, 2.05) is 0 Å². The lowest BCUT2D eigenvalue weighted by atomic mass is 10.1. The molecule has 0 unspecified atom stereocenters. The van der Waals surface area contributed by atoms with E-state index in [1.165, 1.54) is 31.5 Å². The lowest BCUT2D eigenvalue weighted by molar-refractivity contribution is 0.311. The van der Waals surface area contributed by atoms with Crippen LogP contribution in [0.25, 0.3) is 0 Å². The summed E-state index contributed by atoms with van der Waals surface area (Å²) in [6, 6.07) is 0. The number of hydrogen-bond donors (Lipinski definition) is 0. The highest BCUT2D eigenvalue weighted by molar-refractivity contribution is 5.08. The molecule has 0 spiro atoms. The molecule has 1 heterocycles. The molecule has 0 radical (unpaired) electrons. The predicted octanol–water partition coefficient (Wildman–Crippen LogP) is 2.01. The molecular weight excluding hydrogens is 110 g/mol. The zero-order chi connectivity index (χ0) is 6.69. The first kappa shape index (κ1) is 6.66. The van der Waals surface area contributed by atoms with Gasteiger partial charge in [-0.2, -0.15) is 0 Å². The summed E-state index contributed by atoms with van der Waals surface area (Å²) in [4.78, 5) is 2.32. The van der Waals surface area contributed by atoms with Crippen molar-refractivity contribution in [2.75, 3.05) is 13.6 Å². The van der Waals surface area contributed by atoms with Gasteiger partial charge in [0.05, 0.1) is 0 Å². The Labute approximate surface area is 57.4 Å². The van der Waals surface area contributed by atoms with E-state index in [9.17, 15) is 0 Å². The second kappa shape index (κ2) is 2.90. The van der Waals surface area contributed by atoms with Gasteiger partial charge in [0.1, 0.15) is 0 Å². The molecule has 0 aromatic heterocycles. The standard InChI is InChI=1S/C8H15N/c1-3-4-5-8-6-7-9(8)2/h5H,3-4,6-7H2,1-2H3. The molecule has 0 aliphatic carbocycles. The van der Waals surface area contributed by atoms with E-state index < -0.39 is 0 Å². The zero-order valence-corrected chi connectivity index (χ0v) is 6.35. The largest absolute Gasteiger partial charge is 0.378 e. The summed E-state index contributed by atoms with van der Waals surface area (Å²) in [6.45, 7) is 3.48. The monoisotopic (exact) mass is 125 g/mol. The molecule has 1 heteroatoms. The third-order valence-corrected chi connectivity index (χ3v) is 1.86. The normalized spacial score (nSPS) is 22.4. The van der Waals surface area contributed by atoms with Crippen molar-refractivity contribution in [3.05, 3.63) is 11.8 Å². The Hall–Kier alpha value is -0.460. The second-order valence-corrected chi connectivity index (χ2v) is 2.66. The molecule has 0 bridgehead atoms. The SMILES string of the molecule is CCCC=C1CCN1C. The minimum absolute atomic E-state index is 1.25. The lowest BCUT2D eigenvalue weighted by Gasteiger charge is -2.32. The topological polar surface area (TPSA) is 3.24 Å². The van der Waals surface area contributed by atoms with Crippen molar-refractivity contribution in [2.24, 2.45) is 0 Å². The van der Waals surface area contributed by atoms with Gasteiger partial charge >= 0.3 is 0 Å². The van der Waals surface area contributed by atoms with E-state index in [-0.39, 0.29) is 0 Å². The predicted molar refractivity (Wildman–Crippen MR) is 40.2 cm³/mol. The van der Waals surface area contributed by atoms with Crippen molar-refractivity contribution in [1.29, 1.82) is 0 Å². The van der Waals surface area contributed by atoms with Gasteiger partial charge in [-0.25, -0.2) is 0 Å². The molecule has 0 amide bonds. The van der Waals surface area contributed by atoms with Crippen molar-refractivity contribution in [1.82, 2.24) is 4.90 Å². The summed E-state index contributed by atoms with van der Waals surface area (Å²) in [5, 5.41) is 0. The number of hydrogen-bond acceptors (Lipinski definition) is 1. The molecule has 0 atom stereocenters. The first-order valence-corrected chi connectivity index (χ1v) is 3.74. The Bertz CT molecular complexity index is 116. The molecule has 0 N–H and O–H groups in total. The molecule has 9 heavy (non-hydrogen) atoms. The van der Waals surface area contributed by atoms with Crippen LogP contribution in [-0.2, 0) is 0 Å². The van der Waals surface area contributed by atoms with Crippen molar-refractivity contribution >= 4 is 0 Å². The maximum Gasteiger partial charge on any atom is 0.0226 e. The Balaban J connectivity index is 2.24. The Morgan fingerprint density at radius 2 is 2.44 bits per heavy atom. The molecule has 1 fully saturated rings. The van der Waals surface area contributed by atoms with Crippen LogP contribution in [0.5, 0.6) is 0 Å². The van der Waals surface area contributed by atoms with Crippen LogP contribution in [0.4, 0.5) is 0 Å². The van der Waals surface area contributed by atoms with Crippen LogP contribution in [0.1, 0.15) is 26.2 Å². The van der Waals surface area contributed by atoms with Gasteiger partial charge in [-0.1, -0.05) is 19.4 Å². The molecule has 1 nitrogen and oxygen atoms in total. The van der Waals surface area contributed by atoms with Crippen LogP contribution in [0, 0.1) is 0 Å². The Morgan fingerprint density at radius 1 is 1.67 bits per heavy atom. The van der Waals surface area contributed by atoms with Crippen molar-refractivity contribution in [3.63, 3.8) is 0 Å². The summed E-state index contributed by atoms with van der Waals surface area (Å²) in [5.41, 5.74) is 1.54. The molecule has 1 saturated heterocycles. The Kier molecular flexibility index (Phi) is 2.15. The number of likely N-dealkylation sites (tertiary alicyclic amines) is 1. The van der Waals surface area contributed by atoms with Gasteiger partial charge in [0.15, 0.2) is 0 Å². The van der Waals surface area contributed by atoms with Crippen LogP contribution in [0.3, 0.4) is 0 Å². The highest BCUT2D eigenvalue weighted by Crippen LogP contribution is 2.18. The summed E-state index contributed by atoms with van der Waals surface area (Å²) in [5.74, 6) is 0. The smallest absolute Gasteiger partial charge is 0.0226 e. The zero-order valence-electron chi connectivity index (χ0n) is 6.35. The van der Waals surface area contributed by atoms with Gasteiger partial charge in [-0.05, 0) is 6.42 Å². The quantitative estimate of drug-likeness (QED) is 0.545. The van der Waals surface area contributed by atoms with Crippen molar-refractivity contribution in [3.8, 4) is 0 Å². The molecule has 1 aliphatic rings. The van der Waals surface area contributed by atoms with Crippen molar-refractivity contribution in [2.45, 2.75) is 26.2 Å². The van der Waals surface area contributed by atoms with Crippen LogP contribution in [-0.4, -0.2) is 18.5 Å². The third-order valence-electron chi connectivity index (χ3n) is 1.86. The van der Waals surface area contributed by atoms with Crippen LogP contribution in [0.15, 0.2) is 11.8 Å². The number of unbranched alkanes of at least 4 members (excludes halogenated alkanes) is 1. The number of rotatable bonds is 2. The first-order valence-electron chi connectivity index (χ1n) is 3.74. The maximum absolute atomic E-state index is 2.35. The fourth-order valence-corrected chi connectivity index (χ4v) is 1.03. The highest BCUT2D eigenvalue weighted by atomic mass is 15.2. The van der Waals surface area contributed by atoms with Crippen LogP contribution >= 0.6 is 0 Å². The molecule has 0 aromatic rings. The molecular formula is C8H15N. The van der Waals surface area contributed by atoms with E-state index in [0.717, 1.165) is 0 Å². The highest BCUT2D eigenvalue weighted by Gasteiger charge is 2.13. The van der Waals surface area contributed by atoms with Gasteiger partial charge in [-0.15, -0.1) is 0 Å². The number of allylic oxidation sites excluding steroid dienone is 1. The maximum atomic E-state index is 2.35. The van der Waals surface area contributed by atoms with Gasteiger partial charge < -0.3 is 4.90 Å². The molecule has 0 aromatic carbocycles. The molecule has 52 valence electrons. The fraction of sp³-hybridized carbons (Fsp3) is 0.750. The summed E-state index contributed by atoms with van der Waals surface area (Å²) < 4.78 is 0. The van der Waals surface area contributed by atoms with Gasteiger partial charge in [0.25, 0.3) is 0 Å². The lowest BCUT2D eigenvalue weighted by Crippen LogP contribution is -2.30. The number of nitrogens with zero attached hydrogens (tertiary/aromatic N) is 1. The molecule has 1 rings (SSSR count). The van der Waals surface area contributed by atoms with Gasteiger partial charge in [0.2, 0.25) is 0 Å². The van der Waals surface area contributed by atoms with Gasteiger partial charge in [-0.3, -0.25) is 0 Å². The summed E-state index contributed by atoms with van der Waals surface area (Å²) in [7, 11) is 2.16. The molecule has 1 aliphatic heterocycles. The van der Waals surface area contributed by atoms with Crippen LogP contribution < -0.4 is 0 Å². The Morgan fingerprint density at radius 3 is 2.78 bits per heavy atom. The van der Waals surface area contributed by atoms with Gasteiger partial charge in [0, 0.05) is 25.7 Å². The first-order chi connectivity index (χ1) is 4.34. The van der Waals surface area contributed by atoms with E-state index >= 15 is 0 Å². The summed E-state index contributed by atoms with van der Waals surface area (Å²) in [6.07, 6.45) is 6.18. The van der Waals surface area contributed by atoms with E-state index in [0.29, 0.717) is 0 Å². The minimum atomic E-state index is 1.25. The van der Waals surface area contributed by atoms with E-state index in [2.05, 4.69) is 24.9 Å². The van der Waals surface area contributed by atoms with E-state index in [4.69, 9.17) is 0 Å². The fourth-order valence-electron chi connectivity index (χ4n) is 1.03. The van der Waals surface area contributed by atoms with Crippen molar-refractivity contribution < 1.29 is 0 Å². The average molecular weight is 125 g/mol. The second-order valence-electron chi connectivity index (χ2n) is 2.66. The van der Waals surface area contributed by atoms with Crippen LogP contribution in [0.2, 0.25) is 0 Å². The summed E-state index contributed by atoms with van der Waals surface area (Å²) >= 11 is 0. The van der Waals surface area contributed by atoms with E-state index in [1.54, 1.807) is 0 Å². The third kappa shape index (κ3) is 1.47. The average Bonchev–Trinajstić information content (AvgIpc) is 1.86.